The van der Waals surface area contributed by atoms with Crippen molar-refractivity contribution in [1.82, 2.24) is 0 Å². The fourth-order valence-corrected chi connectivity index (χ4v) is 1.74. The lowest BCUT2D eigenvalue weighted by Crippen LogP contribution is -2.40. The zero-order valence-corrected chi connectivity index (χ0v) is 8.16. The van der Waals surface area contributed by atoms with Crippen molar-refractivity contribution in [3.63, 3.8) is 0 Å². The topological polar surface area (TPSA) is 51.2 Å². The van der Waals surface area contributed by atoms with Gasteiger partial charge in [-0.2, -0.15) is 0 Å². The third-order valence-electron chi connectivity index (χ3n) is 2.01. The number of ketones is 1. The van der Waals surface area contributed by atoms with Crippen LogP contribution in [-0.4, -0.2) is 24.7 Å². The third kappa shape index (κ3) is 1.80. The second-order valence-corrected chi connectivity index (χ2v) is 5.80. The SMILES string of the molecule is CCS(=O)(=O)C(C)(C)C(C)=O. The van der Waals surface area contributed by atoms with Gasteiger partial charge in [0.15, 0.2) is 9.84 Å². The first-order chi connectivity index (χ1) is 4.75. The molecule has 0 saturated heterocycles. The summed E-state index contributed by atoms with van der Waals surface area (Å²) < 4.78 is 21.3. The Labute approximate surface area is 67.7 Å². The van der Waals surface area contributed by atoms with Crippen molar-refractivity contribution >= 4 is 15.6 Å². The van der Waals surface area contributed by atoms with Crippen LogP contribution in [0.4, 0.5) is 0 Å². The molecule has 0 aliphatic carbocycles. The zero-order chi connectivity index (χ0) is 9.28. The van der Waals surface area contributed by atoms with Crippen LogP contribution >= 0.6 is 0 Å². The molecule has 66 valence electrons. The highest BCUT2D eigenvalue weighted by Gasteiger charge is 2.37. The Hall–Kier alpha value is -0.380. The van der Waals surface area contributed by atoms with Gasteiger partial charge >= 0.3 is 0 Å². The van der Waals surface area contributed by atoms with Gasteiger partial charge in [0.25, 0.3) is 0 Å². The lowest BCUT2D eigenvalue weighted by molar-refractivity contribution is -0.118. The quantitative estimate of drug-likeness (QED) is 0.642. The minimum atomic E-state index is -3.25. The summed E-state index contributed by atoms with van der Waals surface area (Å²) in [6, 6.07) is 0. The van der Waals surface area contributed by atoms with Gasteiger partial charge in [-0.05, 0) is 20.8 Å². The molecule has 0 aromatic heterocycles. The van der Waals surface area contributed by atoms with Crippen molar-refractivity contribution in [2.24, 2.45) is 0 Å². The molecule has 0 saturated carbocycles. The molecule has 0 aliphatic heterocycles. The fraction of sp³-hybridized carbons (Fsp3) is 0.857. The van der Waals surface area contributed by atoms with E-state index in [0.29, 0.717) is 0 Å². The van der Waals surface area contributed by atoms with Crippen molar-refractivity contribution in [2.45, 2.75) is 32.4 Å². The van der Waals surface area contributed by atoms with E-state index in [0.717, 1.165) is 0 Å². The van der Waals surface area contributed by atoms with Gasteiger partial charge in [0, 0.05) is 5.75 Å². The molecule has 0 atom stereocenters. The summed E-state index contributed by atoms with van der Waals surface area (Å²) in [6.45, 7) is 5.72. The normalized spacial score (nSPS) is 13.1. The van der Waals surface area contributed by atoms with Gasteiger partial charge in [-0.25, -0.2) is 8.42 Å². The molecule has 0 rings (SSSR count). The number of hydrogen-bond donors (Lipinski definition) is 0. The second kappa shape index (κ2) is 2.93. The Morgan fingerprint density at radius 1 is 1.36 bits per heavy atom. The molecule has 11 heavy (non-hydrogen) atoms. The number of rotatable bonds is 3. The van der Waals surface area contributed by atoms with E-state index >= 15 is 0 Å². The second-order valence-electron chi connectivity index (χ2n) is 2.97. The van der Waals surface area contributed by atoms with Crippen LogP contribution in [0.5, 0.6) is 0 Å². The molecule has 0 amide bonds. The van der Waals surface area contributed by atoms with Crippen LogP contribution in [0, 0.1) is 0 Å². The van der Waals surface area contributed by atoms with Crippen molar-refractivity contribution in [3.8, 4) is 0 Å². The van der Waals surface area contributed by atoms with Crippen LogP contribution in [0.15, 0.2) is 0 Å². The zero-order valence-electron chi connectivity index (χ0n) is 7.34. The Bertz CT molecular complexity index is 249. The fourth-order valence-electron chi connectivity index (χ4n) is 0.580. The van der Waals surface area contributed by atoms with E-state index in [2.05, 4.69) is 0 Å². The predicted molar refractivity (Wildman–Crippen MR) is 44.2 cm³/mol. The predicted octanol–water partition coefficient (Wildman–Crippen LogP) is 0.789. The summed E-state index contributed by atoms with van der Waals surface area (Å²) in [5, 5.41) is 0. The maximum atomic E-state index is 11.2. The highest BCUT2D eigenvalue weighted by Crippen LogP contribution is 2.17. The van der Waals surface area contributed by atoms with E-state index in [4.69, 9.17) is 0 Å². The molecule has 0 N–H and O–H groups in total. The average Bonchev–Trinajstić information content (AvgIpc) is 1.87. The molecule has 0 aromatic rings. The van der Waals surface area contributed by atoms with Crippen molar-refractivity contribution < 1.29 is 13.2 Å². The van der Waals surface area contributed by atoms with E-state index < -0.39 is 14.6 Å². The molecule has 0 fully saturated rings. The first kappa shape index (κ1) is 10.6. The van der Waals surface area contributed by atoms with Gasteiger partial charge in [0.2, 0.25) is 0 Å². The van der Waals surface area contributed by atoms with Gasteiger partial charge in [0.1, 0.15) is 10.5 Å². The average molecular weight is 178 g/mol. The van der Waals surface area contributed by atoms with Crippen molar-refractivity contribution in [2.75, 3.05) is 5.75 Å². The molecule has 0 heterocycles. The molecule has 4 heteroatoms. The molecule has 3 nitrogen and oxygen atoms in total. The maximum absolute atomic E-state index is 11.2. The molecule has 0 radical (unpaired) electrons. The number of carbonyl (C=O) groups excluding carboxylic acids is 1. The summed E-state index contributed by atoms with van der Waals surface area (Å²) in [5.41, 5.74) is 0. The van der Waals surface area contributed by atoms with Gasteiger partial charge < -0.3 is 0 Å². The molecule has 0 bridgehead atoms. The Morgan fingerprint density at radius 2 is 1.73 bits per heavy atom. The first-order valence-corrected chi connectivity index (χ1v) is 5.14. The molecular formula is C7H14O3S. The van der Waals surface area contributed by atoms with E-state index in [1.165, 1.54) is 20.8 Å². The maximum Gasteiger partial charge on any atom is 0.162 e. The van der Waals surface area contributed by atoms with Crippen LogP contribution in [0.2, 0.25) is 0 Å². The Morgan fingerprint density at radius 3 is 1.82 bits per heavy atom. The largest absolute Gasteiger partial charge is 0.298 e. The third-order valence-corrected chi connectivity index (χ3v) is 4.61. The molecular weight excluding hydrogens is 164 g/mol. The first-order valence-electron chi connectivity index (χ1n) is 3.49. The lowest BCUT2D eigenvalue weighted by Gasteiger charge is -2.19. The smallest absolute Gasteiger partial charge is 0.162 e. The van der Waals surface area contributed by atoms with E-state index in [9.17, 15) is 13.2 Å². The highest BCUT2D eigenvalue weighted by atomic mass is 32.2. The van der Waals surface area contributed by atoms with Gasteiger partial charge in [0.05, 0.1) is 0 Å². The van der Waals surface area contributed by atoms with Gasteiger partial charge in [-0.1, -0.05) is 6.92 Å². The number of sulfone groups is 1. The summed E-state index contributed by atoms with van der Waals surface area (Å²) in [5.74, 6) is -0.293. The highest BCUT2D eigenvalue weighted by molar-refractivity contribution is 7.93. The number of carbonyl (C=O) groups is 1. The monoisotopic (exact) mass is 178 g/mol. The van der Waals surface area contributed by atoms with Crippen LogP contribution in [0.1, 0.15) is 27.7 Å². The minimum Gasteiger partial charge on any atom is -0.298 e. The van der Waals surface area contributed by atoms with Gasteiger partial charge in [-0.3, -0.25) is 4.79 Å². The van der Waals surface area contributed by atoms with Crippen LogP contribution < -0.4 is 0 Å². The number of hydrogen-bond acceptors (Lipinski definition) is 3. The summed E-state index contributed by atoms with van der Waals surface area (Å²) >= 11 is 0. The van der Waals surface area contributed by atoms with E-state index in [-0.39, 0.29) is 11.5 Å². The Kier molecular flexibility index (Phi) is 2.83. The molecule has 0 aromatic carbocycles. The number of Topliss-reactive ketones (excluding diaryl/α,β-unsaturated/α-hetero) is 1. The van der Waals surface area contributed by atoms with E-state index in [1.807, 2.05) is 0 Å². The van der Waals surface area contributed by atoms with Crippen molar-refractivity contribution in [1.29, 1.82) is 0 Å². The standard InChI is InChI=1S/C7H14O3S/c1-5-11(9,10)7(3,4)6(2)8/h5H2,1-4H3. The van der Waals surface area contributed by atoms with Crippen LogP contribution in [0.3, 0.4) is 0 Å². The summed E-state index contributed by atoms with van der Waals surface area (Å²) in [4.78, 5) is 10.9. The molecule has 0 aliphatic rings. The summed E-state index contributed by atoms with van der Waals surface area (Å²) in [6.07, 6.45) is 0. The van der Waals surface area contributed by atoms with Crippen LogP contribution in [0.25, 0.3) is 0 Å². The van der Waals surface area contributed by atoms with Crippen LogP contribution in [-0.2, 0) is 14.6 Å². The Balaban J connectivity index is 5.01. The lowest BCUT2D eigenvalue weighted by atomic mass is 10.1. The molecule has 0 unspecified atom stereocenters. The van der Waals surface area contributed by atoms with Crippen molar-refractivity contribution in [3.05, 3.63) is 0 Å². The van der Waals surface area contributed by atoms with Gasteiger partial charge in [-0.15, -0.1) is 0 Å². The van der Waals surface area contributed by atoms with E-state index in [1.54, 1.807) is 6.92 Å². The summed E-state index contributed by atoms with van der Waals surface area (Å²) in [7, 11) is -3.25. The minimum absolute atomic E-state index is 0.0135. The molecule has 0 spiro atoms.